The van der Waals surface area contributed by atoms with Crippen molar-refractivity contribution in [3.05, 3.63) is 53.8 Å². The molecule has 2 N–H and O–H groups in total. The van der Waals surface area contributed by atoms with Crippen LogP contribution in [-0.2, 0) is 19.1 Å². The molecule has 0 heterocycles. The standard InChI is InChI=1S/C21H21FN2O6/c1-13(25)23-16-7-9-19(29-2)17(11-16)24-20(27)12-30-21(28)10-8-18(26)14-3-5-15(22)6-4-14/h3-7,9,11H,8,10,12H2,1-2H3,(H,23,25)(H,24,27). The Morgan fingerprint density at radius 1 is 0.967 bits per heavy atom. The summed E-state index contributed by atoms with van der Waals surface area (Å²) < 4.78 is 22.9. The molecule has 30 heavy (non-hydrogen) atoms. The van der Waals surface area contributed by atoms with E-state index in [4.69, 9.17) is 9.47 Å². The Hall–Kier alpha value is -3.75. The number of amides is 2. The second-order valence-electron chi connectivity index (χ2n) is 6.24. The van der Waals surface area contributed by atoms with Crippen LogP contribution in [0.3, 0.4) is 0 Å². The average Bonchev–Trinajstić information content (AvgIpc) is 2.71. The fourth-order valence-corrected chi connectivity index (χ4v) is 2.49. The Labute approximate surface area is 172 Å². The minimum Gasteiger partial charge on any atom is -0.495 e. The van der Waals surface area contributed by atoms with Gasteiger partial charge in [0.2, 0.25) is 5.91 Å². The van der Waals surface area contributed by atoms with Crippen LogP contribution >= 0.6 is 0 Å². The molecule has 0 fully saturated rings. The topological polar surface area (TPSA) is 111 Å². The largest absolute Gasteiger partial charge is 0.495 e. The van der Waals surface area contributed by atoms with E-state index in [0.29, 0.717) is 11.4 Å². The summed E-state index contributed by atoms with van der Waals surface area (Å²) in [5.74, 6) is -2.06. The number of carbonyl (C=O) groups is 4. The van der Waals surface area contributed by atoms with E-state index in [1.54, 1.807) is 12.1 Å². The lowest BCUT2D eigenvalue weighted by molar-refractivity contribution is -0.147. The summed E-state index contributed by atoms with van der Waals surface area (Å²) in [4.78, 5) is 47.0. The lowest BCUT2D eigenvalue weighted by Crippen LogP contribution is -2.21. The van der Waals surface area contributed by atoms with Gasteiger partial charge in [-0.2, -0.15) is 0 Å². The van der Waals surface area contributed by atoms with Gasteiger partial charge in [0.25, 0.3) is 5.91 Å². The summed E-state index contributed by atoms with van der Waals surface area (Å²) in [6.07, 6.45) is -0.344. The Morgan fingerprint density at radius 3 is 2.30 bits per heavy atom. The fourth-order valence-electron chi connectivity index (χ4n) is 2.49. The highest BCUT2D eigenvalue weighted by Crippen LogP contribution is 2.27. The number of ether oxygens (including phenoxy) is 2. The molecule has 2 aromatic rings. The Balaban J connectivity index is 1.83. The van der Waals surface area contributed by atoms with Crippen molar-refractivity contribution in [2.75, 3.05) is 24.4 Å². The second kappa shape index (κ2) is 10.7. The molecule has 0 unspecified atom stereocenters. The summed E-state index contributed by atoms with van der Waals surface area (Å²) in [6.45, 7) is 0.792. The van der Waals surface area contributed by atoms with E-state index >= 15 is 0 Å². The van der Waals surface area contributed by atoms with E-state index in [-0.39, 0.29) is 35.8 Å². The van der Waals surface area contributed by atoms with Crippen LogP contribution in [-0.4, -0.2) is 37.3 Å². The summed E-state index contributed by atoms with van der Waals surface area (Å²) in [5, 5.41) is 5.11. The number of benzene rings is 2. The molecule has 0 bridgehead atoms. The van der Waals surface area contributed by atoms with Gasteiger partial charge in [-0.1, -0.05) is 0 Å². The predicted octanol–water partition coefficient (Wildman–Crippen LogP) is 2.94. The first-order valence-corrected chi connectivity index (χ1v) is 8.98. The van der Waals surface area contributed by atoms with Gasteiger partial charge in [0.05, 0.1) is 19.2 Å². The minimum atomic E-state index is -0.723. The zero-order valence-corrected chi connectivity index (χ0v) is 16.5. The van der Waals surface area contributed by atoms with Gasteiger partial charge in [0, 0.05) is 24.6 Å². The highest BCUT2D eigenvalue weighted by molar-refractivity contribution is 5.98. The molecule has 0 aliphatic heterocycles. The van der Waals surface area contributed by atoms with E-state index in [9.17, 15) is 23.6 Å². The molecular formula is C21H21FN2O6. The number of rotatable bonds is 9. The molecule has 0 saturated carbocycles. The maximum absolute atomic E-state index is 12.9. The van der Waals surface area contributed by atoms with Crippen LogP contribution in [0.1, 0.15) is 30.1 Å². The van der Waals surface area contributed by atoms with Crippen LogP contribution in [0.25, 0.3) is 0 Å². The van der Waals surface area contributed by atoms with Gasteiger partial charge in [-0.15, -0.1) is 0 Å². The number of ketones is 1. The van der Waals surface area contributed by atoms with E-state index < -0.39 is 24.3 Å². The zero-order valence-electron chi connectivity index (χ0n) is 16.5. The number of methoxy groups -OCH3 is 1. The van der Waals surface area contributed by atoms with Crippen molar-refractivity contribution < 1.29 is 33.0 Å². The number of carbonyl (C=O) groups excluding carboxylic acids is 4. The molecule has 0 radical (unpaired) electrons. The van der Waals surface area contributed by atoms with Crippen LogP contribution in [0.4, 0.5) is 15.8 Å². The summed E-state index contributed by atoms with van der Waals surface area (Å²) in [5.41, 5.74) is 1.03. The third-order valence-electron chi connectivity index (χ3n) is 3.88. The number of hydrogen-bond donors (Lipinski definition) is 2. The molecule has 0 spiro atoms. The van der Waals surface area contributed by atoms with Gasteiger partial charge in [0.15, 0.2) is 12.4 Å². The van der Waals surface area contributed by atoms with Crippen molar-refractivity contribution in [3.8, 4) is 5.75 Å². The number of Topliss-reactive ketones (excluding diaryl/α,β-unsaturated/α-hetero) is 1. The lowest BCUT2D eigenvalue weighted by Gasteiger charge is -2.12. The Kier molecular flexibility index (Phi) is 8.04. The van der Waals surface area contributed by atoms with E-state index in [1.807, 2.05) is 0 Å². The molecule has 0 aliphatic carbocycles. The molecule has 0 aromatic heterocycles. The molecule has 0 aliphatic rings. The zero-order chi connectivity index (χ0) is 22.1. The molecule has 2 amide bonds. The number of nitrogens with one attached hydrogen (secondary N) is 2. The highest BCUT2D eigenvalue weighted by atomic mass is 19.1. The molecule has 2 rings (SSSR count). The smallest absolute Gasteiger partial charge is 0.306 e. The first kappa shape index (κ1) is 22.5. The van der Waals surface area contributed by atoms with Gasteiger partial charge >= 0.3 is 5.97 Å². The highest BCUT2D eigenvalue weighted by Gasteiger charge is 2.14. The third kappa shape index (κ3) is 7.01. The molecular weight excluding hydrogens is 395 g/mol. The third-order valence-corrected chi connectivity index (χ3v) is 3.88. The normalized spacial score (nSPS) is 10.1. The van der Waals surface area contributed by atoms with E-state index in [2.05, 4.69) is 10.6 Å². The van der Waals surface area contributed by atoms with Crippen LogP contribution in [0.15, 0.2) is 42.5 Å². The van der Waals surface area contributed by atoms with Crippen LogP contribution in [0.5, 0.6) is 5.75 Å². The predicted molar refractivity (Wildman–Crippen MR) is 107 cm³/mol. The molecule has 9 heteroatoms. The van der Waals surface area contributed by atoms with E-state index in [0.717, 1.165) is 12.1 Å². The number of halogens is 1. The Bertz CT molecular complexity index is 943. The SMILES string of the molecule is COc1ccc(NC(C)=O)cc1NC(=O)COC(=O)CCC(=O)c1ccc(F)cc1. The summed E-state index contributed by atoms with van der Waals surface area (Å²) in [6, 6.07) is 9.65. The monoisotopic (exact) mass is 416 g/mol. The van der Waals surface area contributed by atoms with Crippen LogP contribution in [0, 0.1) is 5.82 Å². The van der Waals surface area contributed by atoms with Crippen molar-refractivity contribution in [1.82, 2.24) is 0 Å². The molecule has 2 aromatic carbocycles. The lowest BCUT2D eigenvalue weighted by atomic mass is 10.1. The van der Waals surface area contributed by atoms with Gasteiger partial charge in [-0.25, -0.2) is 4.39 Å². The maximum atomic E-state index is 12.9. The average molecular weight is 416 g/mol. The van der Waals surface area contributed by atoms with Crippen molar-refractivity contribution >= 4 is 34.9 Å². The first-order valence-electron chi connectivity index (χ1n) is 8.98. The number of hydrogen-bond acceptors (Lipinski definition) is 6. The van der Waals surface area contributed by atoms with Crippen molar-refractivity contribution in [2.24, 2.45) is 0 Å². The molecule has 0 saturated heterocycles. The van der Waals surface area contributed by atoms with E-state index in [1.165, 1.54) is 32.2 Å². The first-order chi connectivity index (χ1) is 14.3. The Morgan fingerprint density at radius 2 is 1.67 bits per heavy atom. The van der Waals surface area contributed by atoms with Gasteiger partial charge in [-0.05, 0) is 42.5 Å². The second-order valence-corrected chi connectivity index (χ2v) is 6.24. The van der Waals surface area contributed by atoms with Gasteiger partial charge in [-0.3, -0.25) is 19.2 Å². The summed E-state index contributed by atoms with van der Waals surface area (Å²) >= 11 is 0. The van der Waals surface area contributed by atoms with Crippen molar-refractivity contribution in [1.29, 1.82) is 0 Å². The van der Waals surface area contributed by atoms with Crippen molar-refractivity contribution in [2.45, 2.75) is 19.8 Å². The van der Waals surface area contributed by atoms with Gasteiger partial charge in [0.1, 0.15) is 11.6 Å². The number of esters is 1. The van der Waals surface area contributed by atoms with Crippen LogP contribution in [0.2, 0.25) is 0 Å². The fraction of sp³-hybridized carbons (Fsp3) is 0.238. The number of anilines is 2. The quantitative estimate of drug-likeness (QED) is 0.480. The maximum Gasteiger partial charge on any atom is 0.306 e. The summed E-state index contributed by atoms with van der Waals surface area (Å²) in [7, 11) is 1.42. The van der Waals surface area contributed by atoms with Crippen LogP contribution < -0.4 is 15.4 Å². The molecule has 0 atom stereocenters. The van der Waals surface area contributed by atoms with Gasteiger partial charge < -0.3 is 20.1 Å². The molecule has 8 nitrogen and oxygen atoms in total. The minimum absolute atomic E-state index is 0.126. The van der Waals surface area contributed by atoms with Crippen molar-refractivity contribution in [3.63, 3.8) is 0 Å². The molecule has 158 valence electrons.